The number of carbonyl (C=O) groups is 1. The van der Waals surface area contributed by atoms with Crippen molar-refractivity contribution in [2.45, 2.75) is 19.9 Å². The monoisotopic (exact) mass is 403 g/mol. The molecule has 2 aromatic rings. The van der Waals surface area contributed by atoms with E-state index in [9.17, 15) is 14.9 Å². The number of nitro groups is 1. The normalized spacial score (nSPS) is 16.2. The summed E-state index contributed by atoms with van der Waals surface area (Å²) >= 11 is 0. The smallest absolute Gasteiger partial charge is 0.269 e. The molecule has 0 saturated carbocycles. The van der Waals surface area contributed by atoms with Crippen LogP contribution in [0.25, 0.3) is 0 Å². The number of aryl methyl sites for hydroxylation is 1. The van der Waals surface area contributed by atoms with Gasteiger partial charge in [0.2, 0.25) is 0 Å². The predicted molar refractivity (Wildman–Crippen MR) is 112 cm³/mol. The molecule has 7 heteroatoms. The molecule has 6 nitrogen and oxygen atoms in total. The molecule has 1 heterocycles. The number of benzene rings is 2. The number of ketones is 1. The summed E-state index contributed by atoms with van der Waals surface area (Å²) in [6.07, 6.45) is 0. The predicted octanol–water partition coefficient (Wildman–Crippen LogP) is 3.89. The van der Waals surface area contributed by atoms with Crippen LogP contribution in [0.5, 0.6) is 0 Å². The van der Waals surface area contributed by atoms with Gasteiger partial charge in [-0.1, -0.05) is 42.0 Å². The van der Waals surface area contributed by atoms with Crippen molar-refractivity contribution in [3.05, 3.63) is 75.3 Å². The van der Waals surface area contributed by atoms with Crippen LogP contribution in [-0.4, -0.2) is 53.2 Å². The van der Waals surface area contributed by atoms with E-state index in [-0.39, 0.29) is 34.8 Å². The first kappa shape index (κ1) is 22.0. The first-order chi connectivity index (χ1) is 12.9. The van der Waals surface area contributed by atoms with Crippen LogP contribution < -0.4 is 0 Å². The largest absolute Gasteiger partial charge is 0.294 e. The van der Waals surface area contributed by atoms with Gasteiger partial charge in [0.25, 0.3) is 5.69 Å². The van der Waals surface area contributed by atoms with Crippen molar-refractivity contribution in [2.24, 2.45) is 0 Å². The summed E-state index contributed by atoms with van der Waals surface area (Å²) in [7, 11) is 0. The van der Waals surface area contributed by atoms with Crippen molar-refractivity contribution in [3.8, 4) is 0 Å². The lowest BCUT2D eigenvalue weighted by Gasteiger charge is -2.38. The summed E-state index contributed by atoms with van der Waals surface area (Å²) in [5.41, 5.74) is 3.11. The van der Waals surface area contributed by atoms with E-state index >= 15 is 0 Å². The van der Waals surface area contributed by atoms with Gasteiger partial charge in [-0.3, -0.25) is 24.7 Å². The maximum Gasteiger partial charge on any atom is 0.269 e. The Morgan fingerprint density at radius 3 is 2.14 bits per heavy atom. The van der Waals surface area contributed by atoms with Crippen molar-refractivity contribution in [1.82, 2.24) is 9.80 Å². The highest BCUT2D eigenvalue weighted by atomic mass is 35.5. The number of rotatable bonds is 6. The minimum absolute atomic E-state index is 0. The van der Waals surface area contributed by atoms with Gasteiger partial charge in [0.1, 0.15) is 0 Å². The minimum Gasteiger partial charge on any atom is -0.294 e. The van der Waals surface area contributed by atoms with E-state index in [1.807, 2.05) is 43.3 Å². The summed E-state index contributed by atoms with van der Waals surface area (Å²) in [4.78, 5) is 27.4. The van der Waals surface area contributed by atoms with Crippen LogP contribution in [0.4, 0.5) is 5.69 Å². The molecule has 1 saturated heterocycles. The lowest BCUT2D eigenvalue weighted by Crippen LogP contribution is -2.48. The molecule has 1 unspecified atom stereocenters. The van der Waals surface area contributed by atoms with Crippen LogP contribution in [-0.2, 0) is 0 Å². The van der Waals surface area contributed by atoms with E-state index in [0.29, 0.717) is 6.54 Å². The molecule has 2 aromatic carbocycles. The fraction of sp³-hybridized carbons (Fsp3) is 0.381. The average Bonchev–Trinajstić information content (AvgIpc) is 2.68. The molecule has 1 aliphatic heterocycles. The van der Waals surface area contributed by atoms with E-state index < -0.39 is 0 Å². The second-order valence-corrected chi connectivity index (χ2v) is 7.13. The summed E-state index contributed by atoms with van der Waals surface area (Å²) in [5.74, 6) is 0.159. The number of hydrogen-bond acceptors (Lipinski definition) is 5. The molecule has 1 atom stereocenters. The van der Waals surface area contributed by atoms with Gasteiger partial charge < -0.3 is 0 Å². The number of nitrogens with zero attached hydrogens (tertiary/aromatic N) is 3. The van der Waals surface area contributed by atoms with E-state index in [4.69, 9.17) is 0 Å². The first-order valence-corrected chi connectivity index (χ1v) is 9.24. The van der Waals surface area contributed by atoms with Gasteiger partial charge in [-0.15, -0.1) is 12.4 Å². The van der Waals surface area contributed by atoms with E-state index in [1.54, 1.807) is 12.1 Å². The summed E-state index contributed by atoms with van der Waals surface area (Å²) in [6.45, 7) is 8.01. The number of halogens is 1. The lowest BCUT2D eigenvalue weighted by atomic mass is 10.1. The van der Waals surface area contributed by atoms with E-state index in [2.05, 4.69) is 16.7 Å². The molecule has 1 aliphatic rings. The molecule has 1 fully saturated rings. The van der Waals surface area contributed by atoms with Gasteiger partial charge in [-0.25, -0.2) is 0 Å². The van der Waals surface area contributed by atoms with Crippen LogP contribution in [0.1, 0.15) is 34.5 Å². The van der Waals surface area contributed by atoms with Crippen molar-refractivity contribution < 1.29 is 9.72 Å². The Hall–Kier alpha value is -2.28. The number of Topliss-reactive ketones (excluding diaryl/α,β-unsaturated/α-hetero) is 1. The molecule has 0 radical (unpaired) electrons. The molecule has 0 spiro atoms. The summed E-state index contributed by atoms with van der Waals surface area (Å²) in [5, 5.41) is 10.8. The number of carbonyl (C=O) groups excluding carboxylic acids is 1. The fourth-order valence-corrected chi connectivity index (χ4v) is 3.43. The molecule has 0 N–H and O–H groups in total. The molecule has 28 heavy (non-hydrogen) atoms. The second-order valence-electron chi connectivity index (χ2n) is 7.13. The standard InChI is InChI=1S/C21H25N3O3.ClH/c1-16-3-5-19(6-4-16)21(25)15-22-11-13-23(14-12-22)17(2)18-7-9-20(10-8-18)24(26)27;/h3-10,17H,11-15H2,1-2H3;1H. The highest BCUT2D eigenvalue weighted by Crippen LogP contribution is 2.23. The van der Waals surface area contributed by atoms with Gasteiger partial charge in [-0.05, 0) is 19.4 Å². The number of piperazine rings is 1. The average molecular weight is 404 g/mol. The zero-order valence-corrected chi connectivity index (χ0v) is 17.0. The topological polar surface area (TPSA) is 66.7 Å². The maximum absolute atomic E-state index is 12.4. The molecule has 0 aliphatic carbocycles. The van der Waals surface area contributed by atoms with Crippen LogP contribution in [0.15, 0.2) is 48.5 Å². The lowest BCUT2D eigenvalue weighted by molar-refractivity contribution is -0.384. The SMILES string of the molecule is Cc1ccc(C(=O)CN2CCN(C(C)c3ccc([N+](=O)[O-])cc3)CC2)cc1.Cl. The second kappa shape index (κ2) is 9.78. The van der Waals surface area contributed by atoms with Crippen molar-refractivity contribution in [1.29, 1.82) is 0 Å². The third-order valence-corrected chi connectivity index (χ3v) is 5.28. The number of nitro benzene ring substituents is 1. The highest BCUT2D eigenvalue weighted by molar-refractivity contribution is 5.97. The Labute approximate surface area is 171 Å². The third-order valence-electron chi connectivity index (χ3n) is 5.28. The zero-order chi connectivity index (χ0) is 19.4. The summed E-state index contributed by atoms with van der Waals surface area (Å²) in [6, 6.07) is 14.7. The number of non-ortho nitro benzene ring substituents is 1. The molecule has 150 valence electrons. The molecular formula is C21H26ClN3O3. The van der Waals surface area contributed by atoms with E-state index in [1.165, 1.54) is 0 Å². The van der Waals surface area contributed by atoms with Crippen LogP contribution in [0, 0.1) is 17.0 Å². The zero-order valence-electron chi connectivity index (χ0n) is 16.2. The first-order valence-electron chi connectivity index (χ1n) is 9.24. The van der Waals surface area contributed by atoms with Crippen molar-refractivity contribution in [2.75, 3.05) is 32.7 Å². The Bertz CT molecular complexity index is 801. The fourth-order valence-electron chi connectivity index (χ4n) is 3.43. The number of hydrogen-bond donors (Lipinski definition) is 0. The Morgan fingerprint density at radius 1 is 1.04 bits per heavy atom. The maximum atomic E-state index is 12.4. The quantitative estimate of drug-likeness (QED) is 0.416. The molecular weight excluding hydrogens is 378 g/mol. The summed E-state index contributed by atoms with van der Waals surface area (Å²) < 4.78 is 0. The van der Waals surface area contributed by atoms with Gasteiger partial charge in [0, 0.05) is 49.9 Å². The van der Waals surface area contributed by atoms with Crippen LogP contribution in [0.2, 0.25) is 0 Å². The third kappa shape index (κ3) is 5.38. The van der Waals surface area contributed by atoms with Gasteiger partial charge in [0.05, 0.1) is 11.5 Å². The Kier molecular flexibility index (Phi) is 7.69. The van der Waals surface area contributed by atoms with Gasteiger partial charge >= 0.3 is 0 Å². The van der Waals surface area contributed by atoms with Gasteiger partial charge in [-0.2, -0.15) is 0 Å². The van der Waals surface area contributed by atoms with Crippen molar-refractivity contribution >= 4 is 23.9 Å². The minimum atomic E-state index is -0.377. The van der Waals surface area contributed by atoms with Crippen LogP contribution in [0.3, 0.4) is 0 Å². The van der Waals surface area contributed by atoms with Crippen molar-refractivity contribution in [3.63, 3.8) is 0 Å². The molecule has 0 amide bonds. The molecule has 0 bridgehead atoms. The Balaban J connectivity index is 0.00000280. The highest BCUT2D eigenvalue weighted by Gasteiger charge is 2.23. The van der Waals surface area contributed by atoms with E-state index in [0.717, 1.165) is 42.9 Å². The van der Waals surface area contributed by atoms with Crippen LogP contribution >= 0.6 is 12.4 Å². The molecule has 3 rings (SSSR count). The Morgan fingerprint density at radius 2 is 1.61 bits per heavy atom. The molecule has 0 aromatic heterocycles. The van der Waals surface area contributed by atoms with Gasteiger partial charge in [0.15, 0.2) is 5.78 Å².